The van der Waals surface area contributed by atoms with Gasteiger partial charge in [0.15, 0.2) is 0 Å². The fourth-order valence-corrected chi connectivity index (χ4v) is 2.93. The number of halogens is 1. The highest BCUT2D eigenvalue weighted by Crippen LogP contribution is 2.27. The Morgan fingerprint density at radius 2 is 2.22 bits per heavy atom. The summed E-state index contributed by atoms with van der Waals surface area (Å²) in [5, 5.41) is 0. The first kappa shape index (κ1) is 13.8. The molecule has 3 nitrogen and oxygen atoms in total. The van der Waals surface area contributed by atoms with Crippen molar-refractivity contribution < 1.29 is 9.47 Å². The Kier molecular flexibility index (Phi) is 5.03. The van der Waals surface area contributed by atoms with E-state index in [0.717, 1.165) is 35.0 Å². The molecule has 0 radical (unpaired) electrons. The van der Waals surface area contributed by atoms with E-state index >= 15 is 0 Å². The van der Waals surface area contributed by atoms with Crippen LogP contribution in [-0.4, -0.2) is 19.3 Å². The molecular formula is C14H20BrNO2. The maximum Gasteiger partial charge on any atom is 0.133 e. The lowest BCUT2D eigenvalue weighted by Crippen LogP contribution is -2.32. The number of benzene rings is 1. The molecule has 1 fully saturated rings. The van der Waals surface area contributed by atoms with E-state index in [1.807, 2.05) is 18.2 Å². The molecule has 0 saturated heterocycles. The summed E-state index contributed by atoms with van der Waals surface area (Å²) in [6.07, 6.45) is 4.74. The molecule has 1 aliphatic rings. The second-order valence-electron chi connectivity index (χ2n) is 4.83. The molecule has 2 unspecified atom stereocenters. The Morgan fingerprint density at radius 1 is 1.39 bits per heavy atom. The van der Waals surface area contributed by atoms with Gasteiger partial charge in [-0.1, -0.05) is 6.07 Å². The molecule has 2 rings (SSSR count). The summed E-state index contributed by atoms with van der Waals surface area (Å²) in [5.74, 6) is 0.846. The maximum absolute atomic E-state index is 5.95. The van der Waals surface area contributed by atoms with Crippen LogP contribution in [0, 0.1) is 0 Å². The van der Waals surface area contributed by atoms with Crippen molar-refractivity contribution in [2.75, 3.05) is 7.11 Å². The van der Waals surface area contributed by atoms with Crippen LogP contribution in [0.25, 0.3) is 0 Å². The van der Waals surface area contributed by atoms with Crippen molar-refractivity contribution in [1.82, 2.24) is 0 Å². The highest BCUT2D eigenvalue weighted by atomic mass is 79.9. The standard InChI is InChI=1S/C14H20BrNO2/c1-17-14-6-5-10(7-13(14)15)9-18-12-4-2-3-11(16)8-12/h5-7,11-12H,2-4,8-9,16H2,1H3. The first-order valence-corrected chi connectivity index (χ1v) is 7.18. The Balaban J connectivity index is 1.88. The van der Waals surface area contributed by atoms with Crippen LogP contribution in [0.4, 0.5) is 0 Å². The summed E-state index contributed by atoms with van der Waals surface area (Å²) in [7, 11) is 1.67. The normalized spacial score (nSPS) is 23.9. The monoisotopic (exact) mass is 313 g/mol. The first-order chi connectivity index (χ1) is 8.69. The molecule has 0 amide bonds. The molecule has 0 aliphatic heterocycles. The second kappa shape index (κ2) is 6.55. The molecule has 18 heavy (non-hydrogen) atoms. The molecule has 1 saturated carbocycles. The summed E-state index contributed by atoms with van der Waals surface area (Å²) in [4.78, 5) is 0. The number of hydrogen-bond acceptors (Lipinski definition) is 3. The van der Waals surface area contributed by atoms with Gasteiger partial charge in [-0.2, -0.15) is 0 Å². The van der Waals surface area contributed by atoms with Gasteiger partial charge in [0.25, 0.3) is 0 Å². The molecule has 100 valence electrons. The van der Waals surface area contributed by atoms with Gasteiger partial charge in [0.05, 0.1) is 24.3 Å². The Bertz CT molecular complexity index is 397. The van der Waals surface area contributed by atoms with Gasteiger partial charge in [-0.05, 0) is 59.3 Å². The zero-order chi connectivity index (χ0) is 13.0. The fourth-order valence-electron chi connectivity index (χ4n) is 2.35. The predicted octanol–water partition coefficient (Wildman–Crippen LogP) is 3.24. The van der Waals surface area contributed by atoms with Gasteiger partial charge in [-0.15, -0.1) is 0 Å². The largest absolute Gasteiger partial charge is 0.496 e. The van der Waals surface area contributed by atoms with E-state index in [4.69, 9.17) is 15.2 Å². The maximum atomic E-state index is 5.95. The van der Waals surface area contributed by atoms with Crippen LogP contribution < -0.4 is 10.5 Å². The van der Waals surface area contributed by atoms with Crippen LogP contribution >= 0.6 is 15.9 Å². The van der Waals surface area contributed by atoms with Gasteiger partial charge in [0.2, 0.25) is 0 Å². The van der Waals surface area contributed by atoms with Crippen molar-refractivity contribution in [1.29, 1.82) is 0 Å². The van der Waals surface area contributed by atoms with E-state index in [1.54, 1.807) is 7.11 Å². The summed E-state index contributed by atoms with van der Waals surface area (Å²) in [6.45, 7) is 0.639. The Morgan fingerprint density at radius 3 is 2.89 bits per heavy atom. The van der Waals surface area contributed by atoms with Crippen LogP contribution in [0.5, 0.6) is 5.75 Å². The van der Waals surface area contributed by atoms with Gasteiger partial charge in [0.1, 0.15) is 5.75 Å². The lowest BCUT2D eigenvalue weighted by molar-refractivity contribution is 0.0122. The first-order valence-electron chi connectivity index (χ1n) is 6.38. The third kappa shape index (κ3) is 3.70. The van der Waals surface area contributed by atoms with Gasteiger partial charge in [0, 0.05) is 6.04 Å². The van der Waals surface area contributed by atoms with Crippen molar-refractivity contribution in [3.63, 3.8) is 0 Å². The lowest BCUT2D eigenvalue weighted by atomic mass is 9.93. The minimum Gasteiger partial charge on any atom is -0.496 e. The number of nitrogens with two attached hydrogens (primary N) is 1. The number of methoxy groups -OCH3 is 1. The molecule has 1 aliphatic carbocycles. The molecule has 0 heterocycles. The lowest BCUT2D eigenvalue weighted by Gasteiger charge is -2.26. The highest BCUT2D eigenvalue weighted by molar-refractivity contribution is 9.10. The summed E-state index contributed by atoms with van der Waals surface area (Å²) < 4.78 is 12.1. The van der Waals surface area contributed by atoms with Gasteiger partial charge in [-0.3, -0.25) is 0 Å². The number of rotatable bonds is 4. The molecule has 2 atom stereocenters. The molecule has 2 N–H and O–H groups in total. The molecule has 1 aromatic carbocycles. The van der Waals surface area contributed by atoms with E-state index < -0.39 is 0 Å². The third-order valence-electron chi connectivity index (χ3n) is 3.37. The van der Waals surface area contributed by atoms with Crippen molar-refractivity contribution >= 4 is 15.9 Å². The van der Waals surface area contributed by atoms with Crippen molar-refractivity contribution in [2.24, 2.45) is 5.73 Å². The van der Waals surface area contributed by atoms with E-state index in [1.165, 1.54) is 6.42 Å². The third-order valence-corrected chi connectivity index (χ3v) is 3.99. The van der Waals surface area contributed by atoms with Gasteiger partial charge < -0.3 is 15.2 Å². The minimum absolute atomic E-state index is 0.311. The molecule has 0 aromatic heterocycles. The van der Waals surface area contributed by atoms with Gasteiger partial charge in [-0.25, -0.2) is 0 Å². The van der Waals surface area contributed by atoms with E-state index in [2.05, 4.69) is 15.9 Å². The zero-order valence-electron chi connectivity index (χ0n) is 10.7. The van der Waals surface area contributed by atoms with Gasteiger partial charge >= 0.3 is 0 Å². The SMILES string of the molecule is COc1ccc(COC2CCCC(N)C2)cc1Br. The van der Waals surface area contributed by atoms with E-state index in [0.29, 0.717) is 18.8 Å². The molecule has 4 heteroatoms. The zero-order valence-corrected chi connectivity index (χ0v) is 12.3. The smallest absolute Gasteiger partial charge is 0.133 e. The summed E-state index contributed by atoms with van der Waals surface area (Å²) >= 11 is 3.48. The van der Waals surface area contributed by atoms with Crippen molar-refractivity contribution in [3.8, 4) is 5.75 Å². The van der Waals surface area contributed by atoms with Crippen LogP contribution in [0.2, 0.25) is 0 Å². The fraction of sp³-hybridized carbons (Fsp3) is 0.571. The molecule has 1 aromatic rings. The van der Waals surface area contributed by atoms with Crippen LogP contribution in [0.15, 0.2) is 22.7 Å². The molecular weight excluding hydrogens is 294 g/mol. The minimum atomic E-state index is 0.311. The topological polar surface area (TPSA) is 44.5 Å². The van der Waals surface area contributed by atoms with E-state index in [9.17, 15) is 0 Å². The second-order valence-corrected chi connectivity index (χ2v) is 5.68. The van der Waals surface area contributed by atoms with Crippen LogP contribution in [0.1, 0.15) is 31.2 Å². The summed E-state index contributed by atoms with van der Waals surface area (Å²) in [6, 6.07) is 6.34. The van der Waals surface area contributed by atoms with Crippen molar-refractivity contribution in [2.45, 2.75) is 44.4 Å². The quantitative estimate of drug-likeness (QED) is 0.928. The van der Waals surface area contributed by atoms with Crippen molar-refractivity contribution in [3.05, 3.63) is 28.2 Å². The van der Waals surface area contributed by atoms with Crippen LogP contribution in [-0.2, 0) is 11.3 Å². The Hall–Kier alpha value is -0.580. The number of hydrogen-bond donors (Lipinski definition) is 1. The number of ether oxygens (including phenoxy) is 2. The predicted molar refractivity (Wildman–Crippen MR) is 75.7 cm³/mol. The van der Waals surface area contributed by atoms with Crippen LogP contribution in [0.3, 0.4) is 0 Å². The van der Waals surface area contributed by atoms with E-state index in [-0.39, 0.29) is 0 Å². The Labute approximate surface area is 117 Å². The average molecular weight is 314 g/mol. The summed E-state index contributed by atoms with van der Waals surface area (Å²) in [5.41, 5.74) is 7.11. The molecule has 0 spiro atoms. The molecule has 0 bridgehead atoms. The highest BCUT2D eigenvalue weighted by Gasteiger charge is 2.19. The average Bonchev–Trinajstić information content (AvgIpc) is 2.37.